The van der Waals surface area contributed by atoms with E-state index in [-0.39, 0.29) is 0 Å². The van der Waals surface area contributed by atoms with Crippen LogP contribution in [0.15, 0.2) is 53.4 Å². The molecule has 0 atom stereocenters. The van der Waals surface area contributed by atoms with Gasteiger partial charge in [-0.05, 0) is 36.8 Å². The average molecular weight is 249 g/mol. The normalized spacial score (nSPS) is 10.4. The van der Waals surface area contributed by atoms with E-state index < -0.39 is 0 Å². The molecule has 16 heavy (non-hydrogen) atoms. The summed E-state index contributed by atoms with van der Waals surface area (Å²) in [7, 11) is 0. The largest absolute Gasteiger partial charge is 0.121 e. The zero-order valence-electron chi connectivity index (χ0n) is 9.11. The fourth-order valence-electron chi connectivity index (χ4n) is 1.38. The second-order valence-corrected chi connectivity index (χ2v) is 5.21. The third-order valence-electron chi connectivity index (χ3n) is 2.34. The van der Waals surface area contributed by atoms with E-state index in [0.29, 0.717) is 0 Å². The lowest BCUT2D eigenvalue weighted by atomic mass is 10.2. The second kappa shape index (κ2) is 5.42. The molecule has 0 unspecified atom stereocenters. The number of rotatable bonds is 3. The van der Waals surface area contributed by atoms with Gasteiger partial charge in [-0.2, -0.15) is 0 Å². The molecule has 0 saturated heterocycles. The van der Waals surface area contributed by atoms with Gasteiger partial charge >= 0.3 is 0 Å². The van der Waals surface area contributed by atoms with Crippen LogP contribution in [0.4, 0.5) is 0 Å². The monoisotopic (exact) mass is 248 g/mol. The summed E-state index contributed by atoms with van der Waals surface area (Å²) < 4.78 is 0. The van der Waals surface area contributed by atoms with Gasteiger partial charge in [0.15, 0.2) is 0 Å². The number of hydrogen-bond acceptors (Lipinski definition) is 1. The standard InChI is InChI=1S/C14H13ClS/c1-11-2-4-12(5-3-11)10-16-14-8-6-13(15)7-9-14/h2-9H,10H2,1H3. The van der Waals surface area contributed by atoms with E-state index in [4.69, 9.17) is 11.6 Å². The lowest BCUT2D eigenvalue weighted by Gasteiger charge is -2.02. The Hall–Kier alpha value is -0.920. The van der Waals surface area contributed by atoms with Gasteiger partial charge in [0.25, 0.3) is 0 Å². The highest BCUT2D eigenvalue weighted by molar-refractivity contribution is 7.98. The molecule has 2 heteroatoms. The lowest BCUT2D eigenvalue weighted by molar-refractivity contribution is 1.35. The summed E-state index contributed by atoms with van der Waals surface area (Å²) in [5.41, 5.74) is 2.66. The quantitative estimate of drug-likeness (QED) is 0.694. The predicted molar refractivity (Wildman–Crippen MR) is 72.2 cm³/mol. The van der Waals surface area contributed by atoms with Gasteiger partial charge in [0, 0.05) is 15.7 Å². The van der Waals surface area contributed by atoms with Gasteiger partial charge in [0.05, 0.1) is 0 Å². The van der Waals surface area contributed by atoms with E-state index in [2.05, 4.69) is 43.3 Å². The fraction of sp³-hybridized carbons (Fsp3) is 0.143. The zero-order valence-corrected chi connectivity index (χ0v) is 10.7. The van der Waals surface area contributed by atoms with Gasteiger partial charge in [0.2, 0.25) is 0 Å². The first kappa shape index (κ1) is 11.6. The Kier molecular flexibility index (Phi) is 3.92. The van der Waals surface area contributed by atoms with Gasteiger partial charge in [-0.3, -0.25) is 0 Å². The molecule has 0 aliphatic carbocycles. The number of halogens is 1. The summed E-state index contributed by atoms with van der Waals surface area (Å²) in [6.07, 6.45) is 0. The van der Waals surface area contributed by atoms with Crippen molar-refractivity contribution in [1.82, 2.24) is 0 Å². The summed E-state index contributed by atoms with van der Waals surface area (Å²) in [5, 5.41) is 0.791. The van der Waals surface area contributed by atoms with Gasteiger partial charge in [-0.15, -0.1) is 11.8 Å². The maximum atomic E-state index is 5.84. The van der Waals surface area contributed by atoms with E-state index in [1.165, 1.54) is 16.0 Å². The highest BCUT2D eigenvalue weighted by atomic mass is 35.5. The molecular weight excluding hydrogens is 236 g/mol. The number of benzene rings is 2. The van der Waals surface area contributed by atoms with Gasteiger partial charge in [0.1, 0.15) is 0 Å². The van der Waals surface area contributed by atoms with E-state index in [1.54, 1.807) is 0 Å². The summed E-state index contributed by atoms with van der Waals surface area (Å²) >= 11 is 7.67. The number of thioether (sulfide) groups is 1. The summed E-state index contributed by atoms with van der Waals surface area (Å²) in [4.78, 5) is 1.25. The molecule has 0 spiro atoms. The smallest absolute Gasteiger partial charge is 0.0406 e. The van der Waals surface area contributed by atoms with Crippen molar-refractivity contribution in [3.05, 3.63) is 64.7 Å². The van der Waals surface area contributed by atoms with Crippen LogP contribution in [0.1, 0.15) is 11.1 Å². The van der Waals surface area contributed by atoms with Crippen LogP contribution in [-0.4, -0.2) is 0 Å². The fourth-order valence-corrected chi connectivity index (χ4v) is 2.36. The van der Waals surface area contributed by atoms with Crippen molar-refractivity contribution in [3.63, 3.8) is 0 Å². The van der Waals surface area contributed by atoms with Crippen molar-refractivity contribution < 1.29 is 0 Å². The molecule has 0 aromatic heterocycles. The predicted octanol–water partition coefficient (Wildman–Crippen LogP) is 4.94. The average Bonchev–Trinajstić information content (AvgIpc) is 2.30. The van der Waals surface area contributed by atoms with E-state index in [9.17, 15) is 0 Å². The molecule has 0 radical (unpaired) electrons. The van der Waals surface area contributed by atoms with Gasteiger partial charge in [-0.1, -0.05) is 41.4 Å². The second-order valence-electron chi connectivity index (χ2n) is 3.73. The van der Waals surface area contributed by atoms with Crippen molar-refractivity contribution in [2.45, 2.75) is 17.6 Å². The molecule has 82 valence electrons. The van der Waals surface area contributed by atoms with Crippen LogP contribution in [0.2, 0.25) is 5.02 Å². The molecule has 0 N–H and O–H groups in total. The van der Waals surface area contributed by atoms with Crippen molar-refractivity contribution in [2.75, 3.05) is 0 Å². The maximum Gasteiger partial charge on any atom is 0.0406 e. The molecule has 2 rings (SSSR count). The molecular formula is C14H13ClS. The molecule has 0 fully saturated rings. The highest BCUT2D eigenvalue weighted by Gasteiger charge is 1.96. The van der Waals surface area contributed by atoms with Crippen LogP contribution in [0.25, 0.3) is 0 Å². The van der Waals surface area contributed by atoms with E-state index in [0.717, 1.165) is 10.8 Å². The van der Waals surface area contributed by atoms with Crippen LogP contribution in [0.5, 0.6) is 0 Å². The first-order chi connectivity index (χ1) is 7.74. The minimum absolute atomic E-state index is 0.791. The van der Waals surface area contributed by atoms with Crippen LogP contribution < -0.4 is 0 Å². The van der Waals surface area contributed by atoms with Crippen LogP contribution in [0, 0.1) is 6.92 Å². The first-order valence-corrected chi connectivity index (χ1v) is 6.54. The van der Waals surface area contributed by atoms with Crippen molar-refractivity contribution in [2.24, 2.45) is 0 Å². The summed E-state index contributed by atoms with van der Waals surface area (Å²) in [6, 6.07) is 16.6. The molecule has 0 aliphatic rings. The third-order valence-corrected chi connectivity index (χ3v) is 3.67. The summed E-state index contributed by atoms with van der Waals surface area (Å²) in [5.74, 6) is 1.00. The molecule has 0 heterocycles. The topological polar surface area (TPSA) is 0 Å². The van der Waals surface area contributed by atoms with Crippen LogP contribution >= 0.6 is 23.4 Å². The molecule has 0 nitrogen and oxygen atoms in total. The Morgan fingerprint density at radius 3 is 2.19 bits per heavy atom. The minimum Gasteiger partial charge on any atom is -0.121 e. The van der Waals surface area contributed by atoms with Crippen LogP contribution in [-0.2, 0) is 5.75 Å². The molecule has 2 aromatic rings. The molecule has 0 bridgehead atoms. The van der Waals surface area contributed by atoms with Crippen molar-refractivity contribution >= 4 is 23.4 Å². The minimum atomic E-state index is 0.791. The number of aryl methyl sites for hydroxylation is 1. The highest BCUT2D eigenvalue weighted by Crippen LogP contribution is 2.24. The zero-order chi connectivity index (χ0) is 11.4. The Morgan fingerprint density at radius 1 is 0.938 bits per heavy atom. The Morgan fingerprint density at radius 2 is 1.56 bits per heavy atom. The van der Waals surface area contributed by atoms with Crippen molar-refractivity contribution in [3.8, 4) is 0 Å². The van der Waals surface area contributed by atoms with E-state index in [1.807, 2.05) is 23.9 Å². The Balaban J connectivity index is 1.97. The van der Waals surface area contributed by atoms with E-state index >= 15 is 0 Å². The van der Waals surface area contributed by atoms with Gasteiger partial charge in [-0.25, -0.2) is 0 Å². The lowest BCUT2D eigenvalue weighted by Crippen LogP contribution is -1.80. The SMILES string of the molecule is Cc1ccc(CSc2ccc(Cl)cc2)cc1. The van der Waals surface area contributed by atoms with Crippen molar-refractivity contribution in [1.29, 1.82) is 0 Å². The number of hydrogen-bond donors (Lipinski definition) is 0. The molecule has 0 saturated carbocycles. The molecule has 2 aromatic carbocycles. The first-order valence-electron chi connectivity index (χ1n) is 5.18. The molecule has 0 aliphatic heterocycles. The maximum absolute atomic E-state index is 5.84. The Bertz CT molecular complexity index is 400. The summed E-state index contributed by atoms with van der Waals surface area (Å²) in [6.45, 7) is 2.11. The molecule has 0 amide bonds. The van der Waals surface area contributed by atoms with Crippen LogP contribution in [0.3, 0.4) is 0 Å². The Labute approximate surface area is 106 Å². The van der Waals surface area contributed by atoms with Gasteiger partial charge < -0.3 is 0 Å². The third kappa shape index (κ3) is 3.29.